The summed E-state index contributed by atoms with van der Waals surface area (Å²) in [5.74, 6) is -0.341. The van der Waals surface area contributed by atoms with E-state index < -0.39 is 11.4 Å². The van der Waals surface area contributed by atoms with Crippen LogP contribution < -0.4 is 0 Å². The summed E-state index contributed by atoms with van der Waals surface area (Å²) in [5, 5.41) is 12.8. The lowest BCUT2D eigenvalue weighted by Crippen LogP contribution is -2.41. The summed E-state index contributed by atoms with van der Waals surface area (Å²) in [6.45, 7) is 4.04. The van der Waals surface area contributed by atoms with Gasteiger partial charge in [0.25, 0.3) is 0 Å². The minimum Gasteiger partial charge on any atom is -0.295 e. The van der Waals surface area contributed by atoms with Crippen molar-refractivity contribution in [3.8, 4) is 0 Å². The van der Waals surface area contributed by atoms with Crippen molar-refractivity contribution < 1.29 is 14.7 Å². The SMILES string of the molecule is CC(C)CCC1([O])C(=O)CC(=O)c2ccccc21. The van der Waals surface area contributed by atoms with Crippen LogP contribution in [0.4, 0.5) is 0 Å². The number of benzene rings is 1. The van der Waals surface area contributed by atoms with Crippen molar-refractivity contribution in [1.29, 1.82) is 0 Å². The van der Waals surface area contributed by atoms with E-state index in [1.807, 2.05) is 13.8 Å². The molecule has 0 aliphatic heterocycles. The minimum absolute atomic E-state index is 0.230. The summed E-state index contributed by atoms with van der Waals surface area (Å²) in [7, 11) is 0. The van der Waals surface area contributed by atoms with E-state index in [4.69, 9.17) is 0 Å². The van der Waals surface area contributed by atoms with Gasteiger partial charge in [-0.2, -0.15) is 0 Å². The smallest absolute Gasteiger partial charge is 0.187 e. The Bertz CT molecular complexity index is 490. The van der Waals surface area contributed by atoms with Crippen LogP contribution in [0.5, 0.6) is 0 Å². The molecule has 1 radical (unpaired) electrons. The van der Waals surface area contributed by atoms with Crippen molar-refractivity contribution in [3.63, 3.8) is 0 Å². The second-order valence-electron chi connectivity index (χ2n) is 5.33. The molecular formula is C15H17O3. The maximum absolute atomic E-state index is 12.8. The van der Waals surface area contributed by atoms with E-state index in [-0.39, 0.29) is 18.6 Å². The molecule has 18 heavy (non-hydrogen) atoms. The first kappa shape index (κ1) is 13.0. The monoisotopic (exact) mass is 245 g/mol. The van der Waals surface area contributed by atoms with Crippen molar-refractivity contribution >= 4 is 11.6 Å². The normalized spacial score (nSPS) is 23.3. The molecule has 0 N–H and O–H groups in total. The molecule has 1 aromatic rings. The Labute approximate surface area is 107 Å². The highest BCUT2D eigenvalue weighted by molar-refractivity contribution is 6.15. The van der Waals surface area contributed by atoms with E-state index in [2.05, 4.69) is 0 Å². The van der Waals surface area contributed by atoms with Crippen LogP contribution in [0.3, 0.4) is 0 Å². The Balaban J connectivity index is 2.43. The van der Waals surface area contributed by atoms with Crippen LogP contribution in [-0.2, 0) is 15.5 Å². The Morgan fingerprint density at radius 3 is 2.56 bits per heavy atom. The third-order valence-electron chi connectivity index (χ3n) is 3.51. The number of fused-ring (bicyclic) bond motifs is 1. The molecular weight excluding hydrogens is 228 g/mol. The van der Waals surface area contributed by atoms with Crippen LogP contribution in [0.1, 0.15) is 49.0 Å². The van der Waals surface area contributed by atoms with Gasteiger partial charge in [0.1, 0.15) is 0 Å². The number of ketones is 2. The van der Waals surface area contributed by atoms with Crippen molar-refractivity contribution in [2.45, 2.75) is 38.7 Å². The topological polar surface area (TPSA) is 54.0 Å². The molecule has 0 heterocycles. The highest BCUT2D eigenvalue weighted by Gasteiger charge is 2.46. The van der Waals surface area contributed by atoms with E-state index >= 15 is 0 Å². The molecule has 0 spiro atoms. The third kappa shape index (κ3) is 2.10. The maximum atomic E-state index is 12.8. The molecule has 3 heteroatoms. The lowest BCUT2D eigenvalue weighted by Gasteiger charge is -2.30. The number of Topliss-reactive ketones (excluding diaryl/α,β-unsaturated/α-hetero) is 2. The summed E-state index contributed by atoms with van der Waals surface area (Å²) in [5.41, 5.74) is -0.933. The summed E-state index contributed by atoms with van der Waals surface area (Å²) in [6.07, 6.45) is 0.712. The molecule has 0 fully saturated rings. The molecule has 1 aliphatic rings. The van der Waals surface area contributed by atoms with E-state index in [0.29, 0.717) is 23.5 Å². The Morgan fingerprint density at radius 2 is 1.89 bits per heavy atom. The molecule has 2 rings (SSSR count). The van der Waals surface area contributed by atoms with Gasteiger partial charge in [0.05, 0.1) is 6.42 Å². The standard InChI is InChI=1S/C15H17O3/c1-10(2)7-8-15(18)12-6-4-3-5-11(12)13(16)9-14(15)17/h3-6,10H,7-9H2,1-2H3. The van der Waals surface area contributed by atoms with Gasteiger partial charge in [0.2, 0.25) is 0 Å². The molecule has 1 aliphatic carbocycles. The highest BCUT2D eigenvalue weighted by atomic mass is 16.3. The number of carbonyl (C=O) groups excluding carboxylic acids is 2. The molecule has 0 amide bonds. The molecule has 1 atom stereocenters. The van der Waals surface area contributed by atoms with Gasteiger partial charge >= 0.3 is 0 Å². The van der Waals surface area contributed by atoms with Crippen LogP contribution in [-0.4, -0.2) is 11.6 Å². The highest BCUT2D eigenvalue weighted by Crippen LogP contribution is 2.37. The van der Waals surface area contributed by atoms with Gasteiger partial charge in [-0.15, -0.1) is 0 Å². The predicted octanol–water partition coefficient (Wildman–Crippen LogP) is 2.90. The zero-order chi connectivity index (χ0) is 13.3. The molecule has 0 saturated heterocycles. The lowest BCUT2D eigenvalue weighted by atomic mass is 9.74. The Hall–Kier alpha value is -1.48. The van der Waals surface area contributed by atoms with Crippen molar-refractivity contribution in [2.24, 2.45) is 5.92 Å². The summed E-state index contributed by atoms with van der Waals surface area (Å²) >= 11 is 0. The van der Waals surface area contributed by atoms with Crippen LogP contribution in [0.15, 0.2) is 24.3 Å². The third-order valence-corrected chi connectivity index (χ3v) is 3.51. The second-order valence-corrected chi connectivity index (χ2v) is 5.33. The lowest BCUT2D eigenvalue weighted by molar-refractivity contribution is -0.147. The van der Waals surface area contributed by atoms with Gasteiger partial charge < -0.3 is 0 Å². The fraction of sp³-hybridized carbons (Fsp3) is 0.467. The number of carbonyl (C=O) groups is 2. The molecule has 95 valence electrons. The molecule has 1 aromatic carbocycles. The fourth-order valence-electron chi connectivity index (χ4n) is 2.38. The van der Waals surface area contributed by atoms with Crippen LogP contribution in [0, 0.1) is 5.92 Å². The van der Waals surface area contributed by atoms with Crippen molar-refractivity contribution in [1.82, 2.24) is 0 Å². The second kappa shape index (κ2) is 4.65. The Morgan fingerprint density at radius 1 is 1.22 bits per heavy atom. The van der Waals surface area contributed by atoms with Gasteiger partial charge in [-0.05, 0) is 18.8 Å². The van der Waals surface area contributed by atoms with Gasteiger partial charge in [0.15, 0.2) is 17.2 Å². The van der Waals surface area contributed by atoms with Crippen LogP contribution in [0.25, 0.3) is 0 Å². The summed E-state index contributed by atoms with van der Waals surface area (Å²) in [4.78, 5) is 23.7. The van der Waals surface area contributed by atoms with Gasteiger partial charge in [-0.25, -0.2) is 5.11 Å². The number of hydrogen-bond donors (Lipinski definition) is 0. The largest absolute Gasteiger partial charge is 0.295 e. The number of rotatable bonds is 3. The molecule has 0 bridgehead atoms. The van der Waals surface area contributed by atoms with Crippen LogP contribution in [0.2, 0.25) is 0 Å². The fourth-order valence-corrected chi connectivity index (χ4v) is 2.38. The quantitative estimate of drug-likeness (QED) is 0.769. The summed E-state index contributed by atoms with van der Waals surface area (Å²) < 4.78 is 0. The zero-order valence-corrected chi connectivity index (χ0v) is 10.7. The average molecular weight is 245 g/mol. The van der Waals surface area contributed by atoms with Crippen molar-refractivity contribution in [2.75, 3.05) is 0 Å². The van der Waals surface area contributed by atoms with Gasteiger partial charge in [0, 0.05) is 11.1 Å². The van der Waals surface area contributed by atoms with Crippen LogP contribution >= 0.6 is 0 Å². The van der Waals surface area contributed by atoms with E-state index in [9.17, 15) is 14.7 Å². The molecule has 1 unspecified atom stereocenters. The molecule has 0 saturated carbocycles. The number of hydrogen-bond acceptors (Lipinski definition) is 2. The van der Waals surface area contributed by atoms with Gasteiger partial charge in [-0.3, -0.25) is 9.59 Å². The zero-order valence-electron chi connectivity index (χ0n) is 10.7. The van der Waals surface area contributed by atoms with E-state index in [0.717, 1.165) is 0 Å². The van der Waals surface area contributed by atoms with E-state index in [1.54, 1.807) is 24.3 Å². The first-order valence-electron chi connectivity index (χ1n) is 6.31. The first-order chi connectivity index (χ1) is 8.45. The first-order valence-corrected chi connectivity index (χ1v) is 6.31. The minimum atomic E-state index is -1.73. The van der Waals surface area contributed by atoms with E-state index in [1.165, 1.54) is 0 Å². The predicted molar refractivity (Wildman–Crippen MR) is 66.8 cm³/mol. The van der Waals surface area contributed by atoms with Gasteiger partial charge in [-0.1, -0.05) is 38.1 Å². The summed E-state index contributed by atoms with van der Waals surface area (Å²) in [6, 6.07) is 6.71. The Kier molecular flexibility index (Phi) is 3.35. The molecule has 3 nitrogen and oxygen atoms in total. The average Bonchev–Trinajstić information content (AvgIpc) is 2.34. The molecule has 0 aromatic heterocycles. The maximum Gasteiger partial charge on any atom is 0.187 e. The van der Waals surface area contributed by atoms with Crippen molar-refractivity contribution in [3.05, 3.63) is 35.4 Å².